The molecule has 6 atom stereocenters. The van der Waals surface area contributed by atoms with Gasteiger partial charge in [-0.1, -0.05) is 142 Å². The van der Waals surface area contributed by atoms with E-state index in [9.17, 15) is 34.2 Å². The van der Waals surface area contributed by atoms with Gasteiger partial charge in [-0.25, -0.2) is 9.36 Å². The van der Waals surface area contributed by atoms with E-state index in [-0.39, 0.29) is 25.3 Å². The third kappa shape index (κ3) is 22.2. The fourth-order valence-corrected chi connectivity index (χ4v) is 7.51. The average molecular weight is 827 g/mol. The number of ether oxygens (including phenoxy) is 3. The Kier molecular flexibility index (Phi) is 26.7. The summed E-state index contributed by atoms with van der Waals surface area (Å²) in [6.45, 7) is 2.75. The average Bonchev–Trinajstić information content (AvgIpc) is 3.50. The van der Waals surface area contributed by atoms with Crippen LogP contribution in [0.2, 0.25) is 0 Å². The minimum atomic E-state index is -4.84. The van der Waals surface area contributed by atoms with Gasteiger partial charge >= 0.3 is 25.5 Å². The highest BCUT2D eigenvalue weighted by molar-refractivity contribution is 7.47. The number of hydrogen-bond acceptors (Lipinski definition) is 13. The van der Waals surface area contributed by atoms with Gasteiger partial charge in [-0.2, -0.15) is 10.2 Å². The first-order valence-corrected chi connectivity index (χ1v) is 23.1. The maximum atomic E-state index is 12.9. The van der Waals surface area contributed by atoms with Gasteiger partial charge < -0.3 is 29.9 Å². The number of aliphatic hydroxyl groups is 1. The van der Waals surface area contributed by atoms with Crippen LogP contribution in [0.25, 0.3) is 0 Å². The largest absolute Gasteiger partial charge is 0.472 e. The van der Waals surface area contributed by atoms with Crippen LogP contribution in [0.4, 0.5) is 5.82 Å². The summed E-state index contributed by atoms with van der Waals surface area (Å²) < 4.78 is 40.7. The van der Waals surface area contributed by atoms with Crippen LogP contribution in [-0.2, 0) is 37.4 Å². The molecule has 16 heteroatoms. The second-order valence-corrected chi connectivity index (χ2v) is 16.6. The minimum Gasteiger partial charge on any atom is -0.462 e. The van der Waals surface area contributed by atoms with E-state index in [2.05, 4.69) is 18.8 Å². The van der Waals surface area contributed by atoms with Crippen molar-refractivity contribution in [2.24, 2.45) is 5.92 Å². The van der Waals surface area contributed by atoms with Crippen molar-refractivity contribution < 1.29 is 47.4 Å². The van der Waals surface area contributed by atoms with Gasteiger partial charge in [0.05, 0.1) is 19.3 Å². The van der Waals surface area contributed by atoms with Crippen molar-refractivity contribution in [3.63, 3.8) is 0 Å². The third-order valence-electron chi connectivity index (χ3n) is 10.2. The molecule has 15 nitrogen and oxygen atoms in total. The number of phosphoric acid groups is 1. The first-order chi connectivity index (χ1) is 27.5. The number of rotatable bonds is 34. The zero-order valence-corrected chi connectivity index (χ0v) is 35.5. The standard InChI is InChI=1S/C41H71N4O11P/c1-3-5-7-9-11-13-15-17-19-21-23-25-37(46)52-30-33(55-38(47)26-24-22-20-18-16-14-12-10-8-6-4-2)31-53-57(50,51)54-32-35-39(48)34(29-42)40(56-35)45-28-27-36(43)44-41(45)49/h27-28,33-35,39-40,48H,3-26,30-32H2,1-2H3,(H,50,51)(H2,43,44,49)/t33?,34-,35+,39-,40+/m0/s1. The maximum Gasteiger partial charge on any atom is 0.472 e. The summed E-state index contributed by atoms with van der Waals surface area (Å²) in [7, 11) is -4.84. The number of aliphatic hydroxyl groups excluding tert-OH is 1. The highest BCUT2D eigenvalue weighted by atomic mass is 31.2. The summed E-state index contributed by atoms with van der Waals surface area (Å²) in [4.78, 5) is 51.7. The highest BCUT2D eigenvalue weighted by Gasteiger charge is 2.46. The molecule has 0 radical (unpaired) electrons. The van der Waals surface area contributed by atoms with Crippen LogP contribution in [0.1, 0.15) is 174 Å². The molecule has 57 heavy (non-hydrogen) atoms. The molecule has 0 spiro atoms. The van der Waals surface area contributed by atoms with Crippen molar-refractivity contribution in [3.8, 4) is 6.07 Å². The molecule has 326 valence electrons. The minimum absolute atomic E-state index is 0.0428. The molecule has 2 heterocycles. The molecule has 2 unspecified atom stereocenters. The molecule has 0 amide bonds. The lowest BCUT2D eigenvalue weighted by Gasteiger charge is -2.21. The van der Waals surface area contributed by atoms with Crippen LogP contribution in [0.3, 0.4) is 0 Å². The fraction of sp³-hybridized carbons (Fsp3) is 0.829. The summed E-state index contributed by atoms with van der Waals surface area (Å²) >= 11 is 0. The van der Waals surface area contributed by atoms with E-state index in [1.165, 1.54) is 102 Å². The molecule has 1 aromatic heterocycles. The lowest BCUT2D eigenvalue weighted by atomic mass is 10.0. The molecule has 4 N–H and O–H groups in total. The summed E-state index contributed by atoms with van der Waals surface area (Å²) in [6, 6.07) is 3.20. The molecule has 0 aromatic carbocycles. The molecule has 0 aliphatic carbocycles. The van der Waals surface area contributed by atoms with Crippen LogP contribution in [0, 0.1) is 17.2 Å². The fourth-order valence-electron chi connectivity index (χ4n) is 6.75. The van der Waals surface area contributed by atoms with Gasteiger partial charge in [0, 0.05) is 19.0 Å². The summed E-state index contributed by atoms with van der Waals surface area (Å²) in [6.07, 6.45) is 21.3. The SMILES string of the molecule is CCCCCCCCCCCCCC(=O)OCC(COP(=O)(O)OC[C@H]1O[C@@H](n2ccc(N)nc2=O)[C@@H](C#N)[C@@H]1O)OC(=O)CCCCCCCCCCCCC. The third-order valence-corrected chi connectivity index (χ3v) is 11.1. The molecule has 1 aliphatic heterocycles. The second-order valence-electron chi connectivity index (χ2n) is 15.2. The molecule has 1 aromatic rings. The van der Waals surface area contributed by atoms with E-state index in [4.69, 9.17) is 29.0 Å². The number of hydrogen-bond donors (Lipinski definition) is 3. The van der Waals surface area contributed by atoms with Gasteiger partial charge in [-0.3, -0.25) is 23.2 Å². The van der Waals surface area contributed by atoms with Crippen molar-refractivity contribution in [3.05, 3.63) is 22.7 Å². The van der Waals surface area contributed by atoms with Crippen molar-refractivity contribution >= 4 is 25.6 Å². The Bertz CT molecular complexity index is 1410. The van der Waals surface area contributed by atoms with Crippen molar-refractivity contribution in [1.82, 2.24) is 9.55 Å². The lowest BCUT2D eigenvalue weighted by molar-refractivity contribution is -0.161. The van der Waals surface area contributed by atoms with Gasteiger partial charge in [-0.15, -0.1) is 0 Å². The van der Waals surface area contributed by atoms with Crippen molar-refractivity contribution in [1.29, 1.82) is 5.26 Å². The number of aromatic nitrogens is 2. The number of anilines is 1. The number of unbranched alkanes of at least 4 members (excludes halogenated alkanes) is 20. The first kappa shape index (κ1) is 50.3. The summed E-state index contributed by atoms with van der Waals surface area (Å²) in [5.41, 5.74) is 4.73. The van der Waals surface area contributed by atoms with Crippen LogP contribution >= 0.6 is 7.82 Å². The summed E-state index contributed by atoms with van der Waals surface area (Å²) in [5.74, 6) is -2.29. The Morgan fingerprint density at radius 3 is 1.82 bits per heavy atom. The number of nitrogen functional groups attached to an aromatic ring is 1. The van der Waals surface area contributed by atoms with Crippen LogP contribution < -0.4 is 11.4 Å². The zero-order chi connectivity index (χ0) is 41.7. The molecule has 0 saturated carbocycles. The summed E-state index contributed by atoms with van der Waals surface area (Å²) in [5, 5.41) is 20.3. The molecule has 0 bridgehead atoms. The molecule has 1 fully saturated rings. The van der Waals surface area contributed by atoms with E-state index < -0.39 is 69.1 Å². The highest BCUT2D eigenvalue weighted by Crippen LogP contribution is 2.45. The van der Waals surface area contributed by atoms with Crippen molar-refractivity contribution in [2.45, 2.75) is 192 Å². The normalized spacial score (nSPS) is 19.5. The van der Waals surface area contributed by atoms with E-state index in [1.54, 1.807) is 0 Å². The predicted octanol–water partition coefficient (Wildman–Crippen LogP) is 8.21. The maximum absolute atomic E-state index is 12.9. The van der Waals surface area contributed by atoms with Crippen LogP contribution in [0.15, 0.2) is 17.1 Å². The number of carbonyl (C=O) groups is 2. The topological polar surface area (TPSA) is 223 Å². The molecular weight excluding hydrogens is 755 g/mol. The molecule has 2 rings (SSSR count). The molecule has 1 aliphatic rings. The number of phosphoric ester groups is 1. The quantitative estimate of drug-likeness (QED) is 0.0338. The number of nitrogens with zero attached hydrogens (tertiary/aromatic N) is 3. The van der Waals surface area contributed by atoms with Gasteiger partial charge in [0.2, 0.25) is 0 Å². The Balaban J connectivity index is 1.83. The number of esters is 2. The van der Waals surface area contributed by atoms with Crippen LogP contribution in [-0.4, -0.2) is 69.6 Å². The predicted molar refractivity (Wildman–Crippen MR) is 217 cm³/mol. The Hall–Kier alpha value is -2.86. The number of nitriles is 1. The van der Waals surface area contributed by atoms with Gasteiger partial charge in [-0.05, 0) is 18.9 Å². The Labute approximate surface area is 340 Å². The van der Waals surface area contributed by atoms with Crippen molar-refractivity contribution in [2.75, 3.05) is 25.6 Å². The Morgan fingerprint density at radius 2 is 1.33 bits per heavy atom. The van der Waals surface area contributed by atoms with Gasteiger partial charge in [0.15, 0.2) is 12.3 Å². The van der Waals surface area contributed by atoms with E-state index in [0.717, 1.165) is 43.1 Å². The second kappa shape index (κ2) is 30.2. The zero-order valence-electron chi connectivity index (χ0n) is 34.6. The molecular formula is C41H71N4O11P. The number of carbonyl (C=O) groups excluding carboxylic acids is 2. The van der Waals surface area contributed by atoms with Gasteiger partial charge in [0.25, 0.3) is 0 Å². The van der Waals surface area contributed by atoms with E-state index in [1.807, 2.05) is 6.07 Å². The van der Waals surface area contributed by atoms with Gasteiger partial charge in [0.1, 0.15) is 30.6 Å². The first-order valence-electron chi connectivity index (χ1n) is 21.6. The number of nitrogens with two attached hydrogens (primary N) is 1. The van der Waals surface area contributed by atoms with E-state index >= 15 is 0 Å². The smallest absolute Gasteiger partial charge is 0.462 e. The Morgan fingerprint density at radius 1 is 0.842 bits per heavy atom. The van der Waals surface area contributed by atoms with E-state index in [0.29, 0.717) is 12.8 Å². The van der Waals surface area contributed by atoms with Crippen LogP contribution in [0.5, 0.6) is 0 Å². The lowest BCUT2D eigenvalue weighted by Crippen LogP contribution is -2.32. The molecule has 1 saturated heterocycles. The monoisotopic (exact) mass is 826 g/mol.